The molecule has 0 bridgehead atoms. The molecule has 0 heterocycles. The van der Waals surface area contributed by atoms with Gasteiger partial charge in [0.2, 0.25) is 11.5 Å². The van der Waals surface area contributed by atoms with Crippen molar-refractivity contribution in [3.8, 4) is 17.2 Å². The molecule has 5 rings (SSSR count). The molecule has 0 amide bonds. The van der Waals surface area contributed by atoms with Crippen LogP contribution in [0, 0.1) is 48.8 Å². The fourth-order valence-corrected chi connectivity index (χ4v) is 9.72. The van der Waals surface area contributed by atoms with Crippen LogP contribution < -0.4 is 4.74 Å². The average molecular weight is 837 g/mol. The highest BCUT2D eigenvalue weighted by atomic mass is 19.1. The summed E-state index contributed by atoms with van der Waals surface area (Å²) in [4.78, 5) is 95.2. The Morgan fingerprint density at radius 1 is 0.966 bits per heavy atom. The number of rotatable bonds is 17. The monoisotopic (exact) mass is 836 g/mol. The number of benzene rings is 1. The first-order chi connectivity index (χ1) is 27.7. The second-order valence-corrected chi connectivity index (χ2v) is 15.6. The minimum absolute atomic E-state index is 0.119. The van der Waals surface area contributed by atoms with Crippen molar-refractivity contribution in [2.24, 2.45) is 28.6 Å². The van der Waals surface area contributed by atoms with Crippen LogP contribution in [0.4, 0.5) is 9.18 Å². The van der Waals surface area contributed by atoms with Crippen LogP contribution in [0.2, 0.25) is 0 Å². The maximum atomic E-state index is 17.8. The van der Waals surface area contributed by atoms with Gasteiger partial charge in [0.1, 0.15) is 0 Å². The SMILES string of the molecule is C[C@H]1CC2C3CCC4=CC(=O)C=C[C@]4(C)[C@@]3(F)[C@@H](O)C[C@]2(C)[C@@]1(OC(=O)CCCO[N+](=O)[O-])C(=O)COC(=O)Oc1cc(C(=O)OCCCCO[N+](=O)[O-])cc(O)c1O. The summed E-state index contributed by atoms with van der Waals surface area (Å²) in [5, 5.41) is 51.3. The number of halogens is 1. The van der Waals surface area contributed by atoms with Crippen molar-refractivity contribution in [1.82, 2.24) is 0 Å². The highest BCUT2D eigenvalue weighted by Crippen LogP contribution is 2.71. The molecule has 4 aliphatic carbocycles. The van der Waals surface area contributed by atoms with Crippen molar-refractivity contribution in [2.75, 3.05) is 26.4 Å². The number of aromatic hydroxyl groups is 2. The lowest BCUT2D eigenvalue weighted by molar-refractivity contribution is -0.757. The molecule has 3 fully saturated rings. The van der Waals surface area contributed by atoms with Crippen molar-refractivity contribution < 1.29 is 82.5 Å². The molecular weight excluding hydrogens is 791 g/mol. The van der Waals surface area contributed by atoms with E-state index in [0.29, 0.717) is 12.0 Å². The first-order valence-corrected chi connectivity index (χ1v) is 18.9. The van der Waals surface area contributed by atoms with E-state index in [2.05, 4.69) is 9.68 Å². The fraction of sp³-hybridized carbons (Fsp3) is 0.605. The third kappa shape index (κ3) is 8.24. The molecular formula is C38H45FN2O18. The number of hydrogen-bond donors (Lipinski definition) is 3. The van der Waals surface area contributed by atoms with E-state index in [4.69, 9.17) is 18.9 Å². The number of aliphatic hydroxyl groups excluding tert-OH is 1. The standard InChI is InChI=1S/C38H45FN2O18/c1-21-15-26-25-9-8-23-18-24(42)10-11-35(23,2)37(25,39)29(44)19-36(26,3)38(21,59-31(46)7-6-14-57-41(52)53)30(45)20-55-34(49)58-28-17-22(16-27(43)32(28)47)33(48)54-12-4-5-13-56-40(50)51/h10-11,16-18,21,25-26,29,43-44,47H,4-9,12-15,19-20H2,1-3H3/t21-,25?,26?,29-,35-,36-,37-,38-/m0/s1. The largest absolute Gasteiger partial charge is 0.514 e. The van der Waals surface area contributed by atoms with Crippen molar-refractivity contribution in [2.45, 2.75) is 89.5 Å². The van der Waals surface area contributed by atoms with Gasteiger partial charge in [-0.2, -0.15) is 0 Å². The van der Waals surface area contributed by atoms with E-state index >= 15 is 4.39 Å². The molecule has 3 saturated carbocycles. The number of esters is 2. The summed E-state index contributed by atoms with van der Waals surface area (Å²) in [6.45, 7) is 2.76. The van der Waals surface area contributed by atoms with Gasteiger partial charge in [-0.1, -0.05) is 25.5 Å². The minimum atomic E-state index is -2.30. The van der Waals surface area contributed by atoms with E-state index in [1.807, 2.05) is 0 Å². The van der Waals surface area contributed by atoms with E-state index in [0.717, 1.165) is 12.1 Å². The summed E-state index contributed by atoms with van der Waals surface area (Å²) < 4.78 is 39.1. The molecule has 20 nitrogen and oxygen atoms in total. The zero-order valence-corrected chi connectivity index (χ0v) is 32.4. The van der Waals surface area contributed by atoms with E-state index in [1.165, 1.54) is 18.2 Å². The van der Waals surface area contributed by atoms with Crippen LogP contribution in [0.5, 0.6) is 17.2 Å². The molecule has 2 unspecified atom stereocenters. The quantitative estimate of drug-likeness (QED) is 0.0376. The van der Waals surface area contributed by atoms with Gasteiger partial charge in [0.05, 0.1) is 31.5 Å². The number of phenolic OH excluding ortho intramolecular Hbond substituents is 2. The number of allylic oxidation sites excluding steroid dienone is 4. The Labute approximate surface area is 335 Å². The number of carbonyl (C=O) groups is 5. The minimum Gasteiger partial charge on any atom is -0.504 e. The lowest BCUT2D eigenvalue weighted by Crippen LogP contribution is -2.70. The van der Waals surface area contributed by atoms with E-state index in [-0.39, 0.29) is 56.7 Å². The Morgan fingerprint density at radius 2 is 1.63 bits per heavy atom. The van der Waals surface area contributed by atoms with Gasteiger partial charge in [-0.25, -0.2) is 14.0 Å². The van der Waals surface area contributed by atoms with Gasteiger partial charge in [0, 0.05) is 29.1 Å². The van der Waals surface area contributed by atoms with Crippen LogP contribution in [0.25, 0.3) is 0 Å². The smallest absolute Gasteiger partial charge is 0.504 e. The predicted molar refractivity (Wildman–Crippen MR) is 193 cm³/mol. The fourth-order valence-electron chi connectivity index (χ4n) is 9.72. The normalized spacial score (nSPS) is 30.4. The van der Waals surface area contributed by atoms with Gasteiger partial charge in [-0.3, -0.25) is 14.4 Å². The van der Waals surface area contributed by atoms with Gasteiger partial charge in [-0.05, 0) is 82.1 Å². The van der Waals surface area contributed by atoms with Gasteiger partial charge < -0.3 is 43.9 Å². The van der Waals surface area contributed by atoms with Gasteiger partial charge >= 0.3 is 18.1 Å². The van der Waals surface area contributed by atoms with Gasteiger partial charge in [0.25, 0.3) is 10.2 Å². The highest BCUT2D eigenvalue weighted by molar-refractivity contribution is 6.01. The molecule has 0 spiro atoms. The van der Waals surface area contributed by atoms with Gasteiger partial charge in [-0.15, -0.1) is 20.2 Å². The van der Waals surface area contributed by atoms with Crippen molar-refractivity contribution in [3.63, 3.8) is 0 Å². The van der Waals surface area contributed by atoms with Crippen molar-refractivity contribution in [3.05, 3.63) is 61.7 Å². The molecule has 0 aromatic heterocycles. The first-order valence-electron chi connectivity index (χ1n) is 18.9. The molecule has 1 aromatic carbocycles. The Balaban J connectivity index is 1.36. The zero-order valence-electron chi connectivity index (χ0n) is 32.4. The number of aliphatic hydroxyl groups is 1. The van der Waals surface area contributed by atoms with Crippen LogP contribution in [0.3, 0.4) is 0 Å². The molecule has 4 aliphatic rings. The number of Topliss-reactive ketones (excluding diaryl/α,β-unsaturated/α-hetero) is 1. The summed E-state index contributed by atoms with van der Waals surface area (Å²) in [6.07, 6.45) is 0.660. The number of ketones is 2. The number of nitrogens with zero attached hydrogens (tertiary/aromatic N) is 2. The Bertz CT molecular complexity index is 1950. The van der Waals surface area contributed by atoms with Crippen molar-refractivity contribution >= 4 is 29.7 Å². The second-order valence-electron chi connectivity index (χ2n) is 15.6. The number of unbranched alkanes of at least 4 members (excludes halogenated alkanes) is 1. The van der Waals surface area contributed by atoms with Crippen LogP contribution in [0.1, 0.15) is 82.5 Å². The van der Waals surface area contributed by atoms with E-state index < -0.39 is 123 Å². The molecule has 0 saturated heterocycles. The Kier molecular flexibility index (Phi) is 12.9. The number of fused-ring (bicyclic) bond motifs is 5. The number of ether oxygens (including phenoxy) is 4. The lowest BCUT2D eigenvalue weighted by Gasteiger charge is -2.62. The maximum Gasteiger partial charge on any atom is 0.514 e. The summed E-state index contributed by atoms with van der Waals surface area (Å²) in [6, 6.07) is 1.65. The summed E-state index contributed by atoms with van der Waals surface area (Å²) >= 11 is 0. The zero-order chi connectivity index (χ0) is 43.5. The van der Waals surface area contributed by atoms with Crippen LogP contribution in [-0.2, 0) is 38.3 Å². The van der Waals surface area contributed by atoms with E-state index in [9.17, 15) is 59.5 Å². The van der Waals surface area contributed by atoms with Crippen LogP contribution in [0.15, 0.2) is 35.9 Å². The first kappa shape index (κ1) is 44.2. The third-order valence-electron chi connectivity index (χ3n) is 12.4. The molecule has 0 radical (unpaired) electrons. The molecule has 59 heavy (non-hydrogen) atoms. The summed E-state index contributed by atoms with van der Waals surface area (Å²) in [7, 11) is 0. The van der Waals surface area contributed by atoms with Crippen molar-refractivity contribution in [1.29, 1.82) is 0 Å². The molecule has 3 N–H and O–H groups in total. The van der Waals surface area contributed by atoms with E-state index in [1.54, 1.807) is 20.8 Å². The Hall–Kier alpha value is -5.86. The molecule has 322 valence electrons. The number of carbonyl (C=O) groups excluding carboxylic acids is 5. The second kappa shape index (κ2) is 17.2. The summed E-state index contributed by atoms with van der Waals surface area (Å²) in [5.41, 5.74) is -7.17. The number of hydrogen-bond acceptors (Lipinski definition) is 18. The number of alkyl halides is 1. The average Bonchev–Trinajstić information content (AvgIpc) is 3.38. The molecule has 0 aliphatic heterocycles. The maximum absolute atomic E-state index is 17.8. The predicted octanol–water partition coefficient (Wildman–Crippen LogP) is 4.21. The van der Waals surface area contributed by atoms with Gasteiger partial charge in [0.15, 0.2) is 35.2 Å². The van der Waals surface area contributed by atoms with Crippen LogP contribution in [-0.4, -0.2) is 99.0 Å². The number of phenols is 2. The highest BCUT2D eigenvalue weighted by Gasteiger charge is 2.77. The summed E-state index contributed by atoms with van der Waals surface area (Å²) in [5.74, 6) is -8.42. The molecule has 21 heteroatoms. The molecule has 8 atom stereocenters. The molecule has 1 aromatic rings. The topological polar surface area (TPSA) is 288 Å². The Morgan fingerprint density at radius 3 is 2.31 bits per heavy atom. The van der Waals surface area contributed by atoms with Crippen LogP contribution >= 0.6 is 0 Å². The lowest BCUT2D eigenvalue weighted by atomic mass is 9.44. The third-order valence-corrected chi connectivity index (χ3v) is 12.4.